The van der Waals surface area contributed by atoms with E-state index in [1.54, 1.807) is 24.3 Å². The molecule has 0 unspecified atom stereocenters. The lowest BCUT2D eigenvalue weighted by atomic mass is 10.2. The molecule has 1 N–H and O–H groups in total. The fourth-order valence-corrected chi connectivity index (χ4v) is 1.90. The molecule has 0 saturated heterocycles. The number of carbonyl (C=O) groups excluding carboxylic acids is 1. The van der Waals surface area contributed by atoms with Gasteiger partial charge < -0.3 is 14.6 Å². The minimum absolute atomic E-state index is 0.0254. The Bertz CT molecular complexity index is 554. The molecule has 4 heteroatoms. The monoisotopic (exact) mass is 300 g/mol. The van der Waals surface area contributed by atoms with Gasteiger partial charge in [0.25, 0.3) is 0 Å². The highest BCUT2D eigenvalue weighted by atomic mass is 16.5. The van der Waals surface area contributed by atoms with Gasteiger partial charge in [0, 0.05) is 13.0 Å². The summed E-state index contributed by atoms with van der Waals surface area (Å²) >= 11 is 0. The number of aliphatic hydroxyl groups is 1. The summed E-state index contributed by atoms with van der Waals surface area (Å²) < 4.78 is 10.5. The zero-order valence-corrected chi connectivity index (χ0v) is 12.4. The van der Waals surface area contributed by atoms with Crippen LogP contribution in [0.25, 0.3) is 0 Å². The number of hydrogen-bond acceptors (Lipinski definition) is 4. The Balaban J connectivity index is 1.60. The molecule has 2 aromatic rings. The van der Waals surface area contributed by atoms with Gasteiger partial charge in [-0.2, -0.15) is 0 Å². The van der Waals surface area contributed by atoms with E-state index < -0.39 is 12.1 Å². The summed E-state index contributed by atoms with van der Waals surface area (Å²) in [5, 5.41) is 9.78. The van der Waals surface area contributed by atoms with Crippen LogP contribution in [0.5, 0.6) is 0 Å². The van der Waals surface area contributed by atoms with Crippen molar-refractivity contribution in [2.45, 2.75) is 19.1 Å². The number of rotatable bonds is 8. The van der Waals surface area contributed by atoms with Crippen LogP contribution in [-0.4, -0.2) is 30.4 Å². The average Bonchev–Trinajstić information content (AvgIpc) is 2.58. The van der Waals surface area contributed by atoms with Crippen molar-refractivity contribution in [3.05, 3.63) is 71.8 Å². The molecule has 0 spiro atoms. The molecule has 0 aliphatic heterocycles. The van der Waals surface area contributed by atoms with Crippen molar-refractivity contribution in [1.82, 2.24) is 0 Å². The Morgan fingerprint density at radius 2 is 1.64 bits per heavy atom. The van der Waals surface area contributed by atoms with Gasteiger partial charge in [-0.3, -0.25) is 0 Å². The van der Waals surface area contributed by atoms with E-state index in [-0.39, 0.29) is 6.61 Å². The lowest BCUT2D eigenvalue weighted by Gasteiger charge is -2.11. The average molecular weight is 300 g/mol. The molecule has 0 saturated carbocycles. The zero-order chi connectivity index (χ0) is 15.6. The Kier molecular flexibility index (Phi) is 6.61. The van der Waals surface area contributed by atoms with Crippen molar-refractivity contribution in [2.75, 3.05) is 13.2 Å². The van der Waals surface area contributed by atoms with Crippen LogP contribution in [0, 0.1) is 0 Å². The Hall–Kier alpha value is -2.17. The van der Waals surface area contributed by atoms with Crippen molar-refractivity contribution in [3.8, 4) is 0 Å². The fourth-order valence-electron chi connectivity index (χ4n) is 1.90. The van der Waals surface area contributed by atoms with Gasteiger partial charge in [-0.05, 0) is 17.7 Å². The number of ether oxygens (including phenoxy) is 2. The summed E-state index contributed by atoms with van der Waals surface area (Å²) in [6, 6.07) is 18.6. The van der Waals surface area contributed by atoms with Crippen LogP contribution in [0.3, 0.4) is 0 Å². The molecule has 0 aliphatic carbocycles. The first kappa shape index (κ1) is 16.2. The lowest BCUT2D eigenvalue weighted by Crippen LogP contribution is -2.20. The molecule has 2 rings (SSSR count). The number of benzene rings is 2. The number of hydrogen-bond donors (Lipinski definition) is 1. The molecule has 4 nitrogen and oxygen atoms in total. The van der Waals surface area contributed by atoms with E-state index in [0.29, 0.717) is 25.2 Å². The maximum atomic E-state index is 11.7. The minimum atomic E-state index is -0.719. The van der Waals surface area contributed by atoms with Gasteiger partial charge in [0.1, 0.15) is 6.61 Å². The molecule has 116 valence electrons. The second kappa shape index (κ2) is 8.97. The summed E-state index contributed by atoms with van der Waals surface area (Å²) in [6.07, 6.45) is -0.294. The van der Waals surface area contributed by atoms with Crippen molar-refractivity contribution in [3.63, 3.8) is 0 Å². The largest absolute Gasteiger partial charge is 0.459 e. The Labute approximate surface area is 130 Å². The van der Waals surface area contributed by atoms with Crippen LogP contribution in [0.4, 0.5) is 0 Å². The molecule has 1 atom stereocenters. The van der Waals surface area contributed by atoms with E-state index in [2.05, 4.69) is 0 Å². The van der Waals surface area contributed by atoms with Crippen molar-refractivity contribution in [1.29, 1.82) is 0 Å². The summed E-state index contributed by atoms with van der Waals surface area (Å²) in [7, 11) is 0. The van der Waals surface area contributed by atoms with Crippen molar-refractivity contribution >= 4 is 5.97 Å². The van der Waals surface area contributed by atoms with E-state index in [1.807, 2.05) is 36.4 Å². The topological polar surface area (TPSA) is 55.8 Å². The summed E-state index contributed by atoms with van der Waals surface area (Å²) in [5.74, 6) is -0.426. The van der Waals surface area contributed by atoms with Crippen LogP contribution < -0.4 is 0 Å². The highest BCUT2D eigenvalue weighted by Crippen LogP contribution is 2.04. The minimum Gasteiger partial charge on any atom is -0.459 e. The quantitative estimate of drug-likeness (QED) is 0.601. The molecule has 0 heterocycles. The van der Waals surface area contributed by atoms with Gasteiger partial charge in [-0.25, -0.2) is 4.79 Å². The third-order valence-corrected chi connectivity index (χ3v) is 3.12. The van der Waals surface area contributed by atoms with E-state index in [9.17, 15) is 9.90 Å². The molecular weight excluding hydrogens is 280 g/mol. The third kappa shape index (κ3) is 5.68. The maximum absolute atomic E-state index is 11.7. The predicted octanol–water partition coefficient (Wildman–Crippen LogP) is 2.81. The maximum Gasteiger partial charge on any atom is 0.338 e. The summed E-state index contributed by atoms with van der Waals surface area (Å²) in [6.45, 7) is 0.902. The molecular formula is C18H20O4. The predicted molar refractivity (Wildman–Crippen MR) is 83.4 cm³/mol. The van der Waals surface area contributed by atoms with Crippen molar-refractivity contribution in [2.24, 2.45) is 0 Å². The lowest BCUT2D eigenvalue weighted by molar-refractivity contribution is 0.0121. The summed E-state index contributed by atoms with van der Waals surface area (Å²) in [5.41, 5.74) is 1.57. The van der Waals surface area contributed by atoms with E-state index >= 15 is 0 Å². The Morgan fingerprint density at radius 3 is 2.32 bits per heavy atom. The summed E-state index contributed by atoms with van der Waals surface area (Å²) in [4.78, 5) is 11.7. The second-order valence-corrected chi connectivity index (χ2v) is 4.95. The smallest absolute Gasteiger partial charge is 0.338 e. The van der Waals surface area contributed by atoms with Gasteiger partial charge in [0.05, 0.1) is 18.3 Å². The van der Waals surface area contributed by atoms with Gasteiger partial charge in [-0.15, -0.1) is 0 Å². The number of aliphatic hydroxyl groups excluding tert-OH is 1. The highest BCUT2D eigenvalue weighted by Gasteiger charge is 2.10. The first-order valence-electron chi connectivity index (χ1n) is 7.27. The normalized spacial score (nSPS) is 11.9. The van der Waals surface area contributed by atoms with Crippen LogP contribution in [0.1, 0.15) is 22.3 Å². The third-order valence-electron chi connectivity index (χ3n) is 3.12. The Morgan fingerprint density at radius 1 is 1.00 bits per heavy atom. The molecule has 0 radical (unpaired) electrons. The molecule has 2 aromatic carbocycles. The standard InChI is InChI=1S/C18H20O4/c19-17(11-12-21-13-15-7-3-1-4-8-15)14-22-18(20)16-9-5-2-6-10-16/h1-10,17,19H,11-14H2/t17-/m0/s1. The van der Waals surface area contributed by atoms with Gasteiger partial charge in [0.15, 0.2) is 0 Å². The van der Waals surface area contributed by atoms with Gasteiger partial charge in [0.2, 0.25) is 0 Å². The fraction of sp³-hybridized carbons (Fsp3) is 0.278. The van der Waals surface area contributed by atoms with Crippen LogP contribution in [0.2, 0.25) is 0 Å². The van der Waals surface area contributed by atoms with E-state index in [4.69, 9.17) is 9.47 Å². The molecule has 22 heavy (non-hydrogen) atoms. The van der Waals surface area contributed by atoms with E-state index in [1.165, 1.54) is 0 Å². The molecule has 0 aromatic heterocycles. The van der Waals surface area contributed by atoms with Gasteiger partial charge >= 0.3 is 5.97 Å². The van der Waals surface area contributed by atoms with Crippen LogP contribution in [-0.2, 0) is 16.1 Å². The second-order valence-electron chi connectivity index (χ2n) is 4.95. The van der Waals surface area contributed by atoms with Crippen LogP contribution in [0.15, 0.2) is 60.7 Å². The van der Waals surface area contributed by atoms with Gasteiger partial charge in [-0.1, -0.05) is 48.5 Å². The molecule has 0 fully saturated rings. The number of carbonyl (C=O) groups is 1. The van der Waals surface area contributed by atoms with E-state index in [0.717, 1.165) is 5.56 Å². The zero-order valence-electron chi connectivity index (χ0n) is 12.4. The molecule has 0 bridgehead atoms. The first-order valence-corrected chi connectivity index (χ1v) is 7.27. The van der Waals surface area contributed by atoms with Crippen molar-refractivity contribution < 1.29 is 19.4 Å². The first-order chi connectivity index (χ1) is 10.8. The van der Waals surface area contributed by atoms with Crippen LogP contribution >= 0.6 is 0 Å². The molecule has 0 aliphatic rings. The highest BCUT2D eigenvalue weighted by molar-refractivity contribution is 5.89. The number of esters is 1. The molecule has 0 amide bonds. The SMILES string of the molecule is O=C(OC[C@@H](O)CCOCc1ccccc1)c1ccccc1.